The number of rotatable bonds is 6. The van der Waals surface area contributed by atoms with Crippen LogP contribution in [0.4, 0.5) is 0 Å². The monoisotopic (exact) mass is 335 g/mol. The fourth-order valence-electron chi connectivity index (χ4n) is 2.40. The molecule has 0 spiro atoms. The van der Waals surface area contributed by atoms with Gasteiger partial charge >= 0.3 is 0 Å². The smallest absolute Gasteiger partial charge is 0.0625 e. The van der Waals surface area contributed by atoms with Crippen LogP contribution in [0.25, 0.3) is 0 Å². The van der Waals surface area contributed by atoms with Gasteiger partial charge in [-0.1, -0.05) is 35.0 Å². The molecule has 0 aliphatic carbocycles. The molecule has 1 N–H and O–H groups in total. The molecular weight excluding hydrogens is 314 g/mol. The average molecular weight is 336 g/mol. The topological polar surface area (TPSA) is 29.9 Å². The molecule has 0 aliphatic heterocycles. The van der Waals surface area contributed by atoms with Crippen LogP contribution in [0.2, 0.25) is 0 Å². The number of nitrogens with zero attached hydrogens (tertiary/aromatic N) is 2. The maximum Gasteiger partial charge on any atom is 0.0625 e. The van der Waals surface area contributed by atoms with E-state index < -0.39 is 0 Å². The molecule has 0 saturated carbocycles. The van der Waals surface area contributed by atoms with Crippen LogP contribution in [0, 0.1) is 0 Å². The minimum atomic E-state index is 0.295. The first-order valence-electron chi connectivity index (χ1n) is 7.16. The number of benzene rings is 1. The van der Waals surface area contributed by atoms with Crippen molar-refractivity contribution in [3.63, 3.8) is 0 Å². The molecule has 0 saturated heterocycles. The molecule has 2 aromatic rings. The molecular formula is C16H22BrN3. The molecule has 1 heterocycles. The number of halogens is 1. The Hall–Kier alpha value is -1.13. The zero-order chi connectivity index (χ0) is 14.5. The molecule has 1 aromatic heterocycles. The second kappa shape index (κ2) is 7.04. The van der Waals surface area contributed by atoms with Crippen molar-refractivity contribution in [3.8, 4) is 0 Å². The number of aryl methyl sites for hydroxylation is 2. The average Bonchev–Trinajstić information content (AvgIpc) is 2.90. The fraction of sp³-hybridized carbons (Fsp3) is 0.438. The zero-order valence-electron chi connectivity index (χ0n) is 12.4. The Labute approximate surface area is 129 Å². The summed E-state index contributed by atoms with van der Waals surface area (Å²) < 4.78 is 3.23. The Kier molecular flexibility index (Phi) is 5.38. The first-order valence-corrected chi connectivity index (χ1v) is 7.95. The Balaban J connectivity index is 2.23. The van der Waals surface area contributed by atoms with E-state index in [-0.39, 0.29) is 0 Å². The third kappa shape index (κ3) is 3.49. The zero-order valence-corrected chi connectivity index (χ0v) is 13.9. The summed E-state index contributed by atoms with van der Waals surface area (Å²) in [4.78, 5) is 0. The van der Waals surface area contributed by atoms with Crippen LogP contribution in [0.5, 0.6) is 0 Å². The lowest BCUT2D eigenvalue weighted by Crippen LogP contribution is -2.22. The van der Waals surface area contributed by atoms with Crippen molar-refractivity contribution in [3.05, 3.63) is 51.8 Å². The molecule has 0 aliphatic rings. The molecule has 0 bridgehead atoms. The van der Waals surface area contributed by atoms with E-state index in [9.17, 15) is 0 Å². The molecule has 2 rings (SSSR count). The van der Waals surface area contributed by atoms with Crippen molar-refractivity contribution in [2.24, 2.45) is 0 Å². The molecule has 0 amide bonds. The van der Waals surface area contributed by atoms with Gasteiger partial charge < -0.3 is 5.32 Å². The van der Waals surface area contributed by atoms with E-state index in [2.05, 4.69) is 75.2 Å². The second-order valence-corrected chi connectivity index (χ2v) is 5.82. The van der Waals surface area contributed by atoms with Crippen molar-refractivity contribution in [2.75, 3.05) is 7.05 Å². The maximum atomic E-state index is 4.64. The summed E-state index contributed by atoms with van der Waals surface area (Å²) in [7, 11) is 2.02. The summed E-state index contributed by atoms with van der Waals surface area (Å²) in [5.41, 5.74) is 3.77. The number of aromatic nitrogens is 2. The standard InChI is InChI=1S/C16H22BrN3/c1-4-14-11-16(20(5-2)19-14)15(18-3)10-12-6-8-13(17)9-7-12/h6-9,11,15,18H,4-5,10H2,1-3H3. The van der Waals surface area contributed by atoms with E-state index in [0.29, 0.717) is 6.04 Å². The van der Waals surface area contributed by atoms with E-state index in [1.54, 1.807) is 0 Å². The molecule has 1 unspecified atom stereocenters. The predicted octanol–water partition coefficient (Wildman–Crippen LogP) is 3.73. The first-order chi connectivity index (χ1) is 9.67. The fourth-order valence-corrected chi connectivity index (χ4v) is 2.67. The third-order valence-corrected chi connectivity index (χ3v) is 4.11. The van der Waals surface area contributed by atoms with Crippen LogP contribution in [-0.2, 0) is 19.4 Å². The van der Waals surface area contributed by atoms with Gasteiger partial charge in [0.05, 0.1) is 17.4 Å². The number of hydrogen-bond donors (Lipinski definition) is 1. The molecule has 3 nitrogen and oxygen atoms in total. The van der Waals surface area contributed by atoms with Gasteiger partial charge in [-0.2, -0.15) is 5.10 Å². The van der Waals surface area contributed by atoms with Crippen molar-refractivity contribution >= 4 is 15.9 Å². The van der Waals surface area contributed by atoms with E-state index in [4.69, 9.17) is 0 Å². The van der Waals surface area contributed by atoms with Crippen LogP contribution in [-0.4, -0.2) is 16.8 Å². The van der Waals surface area contributed by atoms with Crippen molar-refractivity contribution in [2.45, 2.75) is 39.3 Å². The summed E-state index contributed by atoms with van der Waals surface area (Å²) in [5, 5.41) is 8.06. The molecule has 1 atom stereocenters. The van der Waals surface area contributed by atoms with Crippen LogP contribution >= 0.6 is 15.9 Å². The van der Waals surface area contributed by atoms with Crippen LogP contribution in [0.1, 0.15) is 36.8 Å². The summed E-state index contributed by atoms with van der Waals surface area (Å²) in [6.45, 7) is 5.20. The lowest BCUT2D eigenvalue weighted by molar-refractivity contribution is 0.512. The lowest BCUT2D eigenvalue weighted by atomic mass is 10.0. The summed E-state index contributed by atoms with van der Waals surface area (Å²) in [5.74, 6) is 0. The van der Waals surface area contributed by atoms with Crippen molar-refractivity contribution in [1.29, 1.82) is 0 Å². The summed E-state index contributed by atoms with van der Waals surface area (Å²) in [6.07, 6.45) is 1.95. The second-order valence-electron chi connectivity index (χ2n) is 4.90. The number of hydrogen-bond acceptors (Lipinski definition) is 2. The normalized spacial score (nSPS) is 12.6. The SMILES string of the molecule is CCc1cc(C(Cc2ccc(Br)cc2)NC)n(CC)n1. The highest BCUT2D eigenvalue weighted by Crippen LogP contribution is 2.21. The van der Waals surface area contributed by atoms with Crippen LogP contribution in [0.15, 0.2) is 34.8 Å². The van der Waals surface area contributed by atoms with E-state index in [1.165, 1.54) is 11.3 Å². The molecule has 0 radical (unpaired) electrons. The maximum absolute atomic E-state index is 4.64. The third-order valence-electron chi connectivity index (χ3n) is 3.58. The van der Waals surface area contributed by atoms with E-state index in [1.807, 2.05) is 7.05 Å². The summed E-state index contributed by atoms with van der Waals surface area (Å²) in [6, 6.07) is 11.0. The van der Waals surface area contributed by atoms with Gasteiger partial charge in [0.25, 0.3) is 0 Å². The van der Waals surface area contributed by atoms with E-state index in [0.717, 1.165) is 29.6 Å². The van der Waals surface area contributed by atoms with Gasteiger partial charge in [-0.3, -0.25) is 4.68 Å². The summed E-state index contributed by atoms with van der Waals surface area (Å²) >= 11 is 3.48. The quantitative estimate of drug-likeness (QED) is 0.871. The van der Waals surface area contributed by atoms with Gasteiger partial charge in [-0.15, -0.1) is 0 Å². The van der Waals surface area contributed by atoms with Crippen LogP contribution in [0.3, 0.4) is 0 Å². The van der Waals surface area contributed by atoms with Crippen molar-refractivity contribution < 1.29 is 0 Å². The Morgan fingerprint density at radius 1 is 1.25 bits per heavy atom. The van der Waals surface area contributed by atoms with E-state index >= 15 is 0 Å². The first kappa shape index (κ1) is 15.3. The molecule has 108 valence electrons. The highest BCUT2D eigenvalue weighted by atomic mass is 79.9. The molecule has 0 fully saturated rings. The van der Waals surface area contributed by atoms with Gasteiger partial charge in [-0.25, -0.2) is 0 Å². The molecule has 20 heavy (non-hydrogen) atoms. The largest absolute Gasteiger partial charge is 0.311 e. The van der Waals surface area contributed by atoms with Gasteiger partial charge in [0.15, 0.2) is 0 Å². The van der Waals surface area contributed by atoms with Crippen LogP contribution < -0.4 is 5.32 Å². The van der Waals surface area contributed by atoms with Gasteiger partial charge in [-0.05, 0) is 50.6 Å². The van der Waals surface area contributed by atoms with Crippen molar-refractivity contribution in [1.82, 2.24) is 15.1 Å². The number of likely N-dealkylation sites (N-methyl/N-ethyl adjacent to an activating group) is 1. The molecule has 1 aromatic carbocycles. The lowest BCUT2D eigenvalue weighted by Gasteiger charge is -2.17. The molecule has 4 heteroatoms. The highest BCUT2D eigenvalue weighted by molar-refractivity contribution is 9.10. The minimum absolute atomic E-state index is 0.295. The predicted molar refractivity (Wildman–Crippen MR) is 86.9 cm³/mol. The number of nitrogens with one attached hydrogen (secondary N) is 1. The highest BCUT2D eigenvalue weighted by Gasteiger charge is 2.16. The Morgan fingerprint density at radius 3 is 2.50 bits per heavy atom. The van der Waals surface area contributed by atoms with Gasteiger partial charge in [0.2, 0.25) is 0 Å². The van der Waals surface area contributed by atoms with Gasteiger partial charge in [0.1, 0.15) is 0 Å². The van der Waals surface area contributed by atoms with Gasteiger partial charge in [0, 0.05) is 11.0 Å². The Morgan fingerprint density at radius 2 is 1.95 bits per heavy atom. The Bertz CT molecular complexity index is 545. The minimum Gasteiger partial charge on any atom is -0.311 e.